The van der Waals surface area contributed by atoms with Gasteiger partial charge < -0.3 is 10.5 Å². The Kier molecular flexibility index (Phi) is 1.29. The van der Waals surface area contributed by atoms with E-state index in [0.717, 1.165) is 5.92 Å². The largest absolute Gasteiger partial charge is 0.357 e. The molecule has 0 aliphatic heterocycles. The summed E-state index contributed by atoms with van der Waals surface area (Å²) in [5.41, 5.74) is 5.82. The first-order valence-corrected chi connectivity index (χ1v) is 4.16. The Morgan fingerprint density at radius 3 is 2.40 bits per heavy atom. The standard InChI is InChI=1S/C8H15NO/c1-6(9)10-8(4-5-8)7-2-3-7/h6-7H,2-5,9H2,1H3/t6-/m1/s1. The highest BCUT2D eigenvalue weighted by Crippen LogP contribution is 2.56. The minimum Gasteiger partial charge on any atom is -0.357 e. The molecule has 2 rings (SSSR count). The van der Waals surface area contributed by atoms with Gasteiger partial charge in [-0.25, -0.2) is 0 Å². The maximum absolute atomic E-state index is 5.65. The maximum atomic E-state index is 5.65. The number of rotatable bonds is 3. The van der Waals surface area contributed by atoms with E-state index in [0.29, 0.717) is 0 Å². The lowest BCUT2D eigenvalue weighted by Gasteiger charge is -2.18. The molecule has 2 heteroatoms. The predicted octanol–water partition coefficient (Wildman–Crippen LogP) is 1.25. The van der Waals surface area contributed by atoms with Crippen LogP contribution < -0.4 is 5.73 Å². The van der Waals surface area contributed by atoms with Gasteiger partial charge in [-0.1, -0.05) is 0 Å². The van der Waals surface area contributed by atoms with E-state index in [2.05, 4.69) is 0 Å². The van der Waals surface area contributed by atoms with Crippen molar-refractivity contribution >= 4 is 0 Å². The minimum absolute atomic E-state index is 0.0666. The summed E-state index contributed by atoms with van der Waals surface area (Å²) in [6, 6.07) is 0. The molecule has 2 aliphatic carbocycles. The van der Waals surface area contributed by atoms with Crippen molar-refractivity contribution < 1.29 is 4.74 Å². The molecule has 2 aliphatic rings. The molecular formula is C8H15NO. The molecular weight excluding hydrogens is 126 g/mol. The van der Waals surface area contributed by atoms with Crippen molar-refractivity contribution in [1.82, 2.24) is 0 Å². The van der Waals surface area contributed by atoms with Crippen LogP contribution in [0.2, 0.25) is 0 Å². The molecule has 0 unspecified atom stereocenters. The van der Waals surface area contributed by atoms with E-state index in [1.54, 1.807) is 0 Å². The van der Waals surface area contributed by atoms with Gasteiger partial charge in [0.25, 0.3) is 0 Å². The Bertz CT molecular complexity index is 136. The van der Waals surface area contributed by atoms with Crippen LogP contribution in [0.5, 0.6) is 0 Å². The molecule has 0 heterocycles. The fourth-order valence-electron chi connectivity index (χ4n) is 1.73. The van der Waals surface area contributed by atoms with E-state index < -0.39 is 0 Å². The van der Waals surface area contributed by atoms with Crippen molar-refractivity contribution in [2.24, 2.45) is 11.7 Å². The first-order valence-electron chi connectivity index (χ1n) is 4.16. The highest BCUT2D eigenvalue weighted by Gasteiger charge is 2.55. The molecule has 2 N–H and O–H groups in total. The zero-order valence-electron chi connectivity index (χ0n) is 6.47. The average Bonchev–Trinajstić information content (AvgIpc) is 2.55. The van der Waals surface area contributed by atoms with Gasteiger partial charge in [-0.3, -0.25) is 0 Å². The van der Waals surface area contributed by atoms with Crippen molar-refractivity contribution in [2.45, 2.75) is 44.4 Å². The Balaban J connectivity index is 1.88. The van der Waals surface area contributed by atoms with Gasteiger partial charge in [0.2, 0.25) is 0 Å². The third-order valence-corrected chi connectivity index (χ3v) is 2.48. The van der Waals surface area contributed by atoms with E-state index in [4.69, 9.17) is 10.5 Å². The van der Waals surface area contributed by atoms with Crippen LogP contribution >= 0.6 is 0 Å². The van der Waals surface area contributed by atoms with Crippen LogP contribution in [-0.4, -0.2) is 11.8 Å². The van der Waals surface area contributed by atoms with Gasteiger partial charge in [0.05, 0.1) is 5.60 Å². The Hall–Kier alpha value is -0.0800. The molecule has 0 spiro atoms. The monoisotopic (exact) mass is 141 g/mol. The van der Waals surface area contributed by atoms with Crippen LogP contribution in [0.3, 0.4) is 0 Å². The number of hydrogen-bond donors (Lipinski definition) is 1. The van der Waals surface area contributed by atoms with Crippen molar-refractivity contribution in [2.75, 3.05) is 0 Å². The summed E-state index contributed by atoms with van der Waals surface area (Å²) in [6.45, 7) is 1.92. The first-order chi connectivity index (χ1) is 4.73. The zero-order valence-corrected chi connectivity index (χ0v) is 6.47. The summed E-state index contributed by atoms with van der Waals surface area (Å²) in [4.78, 5) is 0. The van der Waals surface area contributed by atoms with Crippen LogP contribution in [0.25, 0.3) is 0 Å². The van der Waals surface area contributed by atoms with Crippen molar-refractivity contribution in [3.8, 4) is 0 Å². The number of ether oxygens (including phenoxy) is 1. The summed E-state index contributed by atoms with van der Waals surface area (Å²) in [5, 5.41) is 0. The molecule has 0 aromatic carbocycles. The van der Waals surface area contributed by atoms with Crippen LogP contribution in [-0.2, 0) is 4.74 Å². The third-order valence-electron chi connectivity index (χ3n) is 2.48. The van der Waals surface area contributed by atoms with Crippen LogP contribution in [0.4, 0.5) is 0 Å². The molecule has 0 amide bonds. The third kappa shape index (κ3) is 1.06. The van der Waals surface area contributed by atoms with Crippen molar-refractivity contribution in [1.29, 1.82) is 0 Å². The SMILES string of the molecule is C[C@H](N)OC1(C2CC2)CC1. The molecule has 0 bridgehead atoms. The molecule has 0 saturated heterocycles. The molecule has 0 radical (unpaired) electrons. The topological polar surface area (TPSA) is 35.2 Å². The van der Waals surface area contributed by atoms with Gasteiger partial charge in [0.15, 0.2) is 0 Å². The molecule has 58 valence electrons. The van der Waals surface area contributed by atoms with Gasteiger partial charge in [-0.15, -0.1) is 0 Å². The molecule has 0 aromatic heterocycles. The fourth-order valence-corrected chi connectivity index (χ4v) is 1.73. The summed E-state index contributed by atoms with van der Waals surface area (Å²) in [7, 11) is 0. The molecule has 10 heavy (non-hydrogen) atoms. The smallest absolute Gasteiger partial charge is 0.103 e. The average molecular weight is 141 g/mol. The summed E-state index contributed by atoms with van der Waals surface area (Å²) in [6.07, 6.45) is 5.17. The van der Waals surface area contributed by atoms with Crippen molar-refractivity contribution in [3.05, 3.63) is 0 Å². The lowest BCUT2D eigenvalue weighted by Crippen LogP contribution is -2.29. The van der Waals surface area contributed by atoms with E-state index >= 15 is 0 Å². The zero-order chi connectivity index (χ0) is 7.19. The normalized spacial score (nSPS) is 31.8. The molecule has 0 aromatic rings. The first kappa shape index (κ1) is 6.62. The predicted molar refractivity (Wildman–Crippen MR) is 39.4 cm³/mol. The van der Waals surface area contributed by atoms with Gasteiger partial charge in [-0.05, 0) is 38.5 Å². The summed E-state index contributed by atoms with van der Waals surface area (Å²) in [5.74, 6) is 0.860. The Morgan fingerprint density at radius 2 is 2.10 bits per heavy atom. The quantitative estimate of drug-likeness (QED) is 0.600. The van der Waals surface area contributed by atoms with Gasteiger partial charge in [-0.2, -0.15) is 0 Å². The highest BCUT2D eigenvalue weighted by molar-refractivity contribution is 5.06. The molecule has 2 fully saturated rings. The second-order valence-electron chi connectivity index (χ2n) is 3.66. The lowest BCUT2D eigenvalue weighted by molar-refractivity contribution is -0.0303. The second kappa shape index (κ2) is 1.95. The van der Waals surface area contributed by atoms with Crippen molar-refractivity contribution in [3.63, 3.8) is 0 Å². The van der Waals surface area contributed by atoms with Crippen LogP contribution in [0.15, 0.2) is 0 Å². The fraction of sp³-hybridized carbons (Fsp3) is 1.00. The van der Waals surface area contributed by atoms with Gasteiger partial charge in [0.1, 0.15) is 6.23 Å². The minimum atomic E-state index is -0.0666. The summed E-state index contributed by atoms with van der Waals surface area (Å²) >= 11 is 0. The number of nitrogens with two attached hydrogens (primary N) is 1. The van der Waals surface area contributed by atoms with Gasteiger partial charge >= 0.3 is 0 Å². The Morgan fingerprint density at radius 1 is 1.50 bits per heavy atom. The lowest BCUT2D eigenvalue weighted by atomic mass is 10.2. The molecule has 2 nitrogen and oxygen atoms in total. The Labute approximate surface area is 61.7 Å². The van der Waals surface area contributed by atoms with E-state index in [-0.39, 0.29) is 11.8 Å². The van der Waals surface area contributed by atoms with E-state index in [9.17, 15) is 0 Å². The number of hydrogen-bond acceptors (Lipinski definition) is 2. The summed E-state index contributed by atoms with van der Waals surface area (Å²) < 4.78 is 5.65. The second-order valence-corrected chi connectivity index (χ2v) is 3.66. The maximum Gasteiger partial charge on any atom is 0.103 e. The molecule has 2 saturated carbocycles. The molecule has 1 atom stereocenters. The van der Waals surface area contributed by atoms with E-state index in [1.165, 1.54) is 25.7 Å². The van der Waals surface area contributed by atoms with Gasteiger partial charge in [0, 0.05) is 0 Å². The highest BCUT2D eigenvalue weighted by atomic mass is 16.5. The van der Waals surface area contributed by atoms with Crippen LogP contribution in [0, 0.1) is 5.92 Å². The van der Waals surface area contributed by atoms with E-state index in [1.807, 2.05) is 6.92 Å². The van der Waals surface area contributed by atoms with Crippen LogP contribution in [0.1, 0.15) is 32.6 Å².